The lowest BCUT2D eigenvalue weighted by Gasteiger charge is -2.14. The molecule has 1 aliphatic rings. The first-order valence-electron chi connectivity index (χ1n) is 6.40. The number of hydrogen-bond acceptors (Lipinski definition) is 4. The monoisotopic (exact) mass is 312 g/mol. The van der Waals surface area contributed by atoms with Crippen molar-refractivity contribution >= 4 is 46.0 Å². The van der Waals surface area contributed by atoms with Gasteiger partial charge in [0.05, 0.1) is 10.6 Å². The van der Waals surface area contributed by atoms with Crippen LogP contribution in [0.5, 0.6) is 0 Å². The first kappa shape index (κ1) is 14.0. The Labute approximate surface area is 132 Å². The number of aryl methyl sites for hydroxylation is 1. The second-order valence-electron chi connectivity index (χ2n) is 4.64. The summed E-state index contributed by atoms with van der Waals surface area (Å²) in [6.45, 7) is 1.99. The third-order valence-electron chi connectivity index (χ3n) is 3.06. The van der Waals surface area contributed by atoms with Crippen molar-refractivity contribution in [2.75, 3.05) is 4.90 Å². The van der Waals surface area contributed by atoms with Crippen LogP contribution in [0.1, 0.15) is 11.1 Å². The fourth-order valence-electron chi connectivity index (χ4n) is 2.07. The molecule has 0 spiro atoms. The van der Waals surface area contributed by atoms with Gasteiger partial charge in [0.2, 0.25) is 0 Å². The number of hydrogen-bond donors (Lipinski definition) is 0. The van der Waals surface area contributed by atoms with Crippen LogP contribution in [0, 0.1) is 6.92 Å². The molecule has 1 saturated heterocycles. The SMILES string of the molecule is Cc1cccc(N2C(=O)C(=Cc3ccncc3)SC2=S)c1. The highest BCUT2D eigenvalue weighted by molar-refractivity contribution is 8.27. The summed E-state index contributed by atoms with van der Waals surface area (Å²) in [5, 5.41) is 0. The minimum absolute atomic E-state index is 0.0765. The van der Waals surface area contributed by atoms with Gasteiger partial charge in [-0.25, -0.2) is 0 Å². The van der Waals surface area contributed by atoms with Gasteiger partial charge >= 0.3 is 0 Å². The van der Waals surface area contributed by atoms with Crippen LogP contribution >= 0.6 is 24.0 Å². The van der Waals surface area contributed by atoms with Gasteiger partial charge in [-0.2, -0.15) is 0 Å². The highest BCUT2D eigenvalue weighted by Gasteiger charge is 2.33. The van der Waals surface area contributed by atoms with E-state index in [1.165, 1.54) is 11.8 Å². The summed E-state index contributed by atoms with van der Waals surface area (Å²) in [5.74, 6) is -0.0765. The number of aromatic nitrogens is 1. The molecule has 2 aromatic rings. The summed E-state index contributed by atoms with van der Waals surface area (Å²) in [7, 11) is 0. The number of thiocarbonyl (C=S) groups is 1. The second-order valence-corrected chi connectivity index (χ2v) is 6.31. The number of benzene rings is 1. The van der Waals surface area contributed by atoms with E-state index in [1.54, 1.807) is 17.3 Å². The summed E-state index contributed by atoms with van der Waals surface area (Å²) >= 11 is 6.68. The van der Waals surface area contributed by atoms with Gasteiger partial charge in [0.25, 0.3) is 5.91 Å². The molecule has 1 amide bonds. The molecule has 3 rings (SSSR count). The average Bonchev–Trinajstić information content (AvgIpc) is 2.74. The van der Waals surface area contributed by atoms with Crippen molar-refractivity contribution in [3.63, 3.8) is 0 Å². The van der Waals surface area contributed by atoms with E-state index in [0.29, 0.717) is 9.23 Å². The Morgan fingerprint density at radius 2 is 2.00 bits per heavy atom. The molecule has 0 atom stereocenters. The van der Waals surface area contributed by atoms with Crippen LogP contribution in [0.15, 0.2) is 53.7 Å². The lowest BCUT2D eigenvalue weighted by molar-refractivity contribution is -0.113. The standard InChI is InChI=1S/C16H12N2OS2/c1-11-3-2-4-13(9-11)18-15(19)14(21-16(18)20)10-12-5-7-17-8-6-12/h2-10H,1H3. The van der Waals surface area contributed by atoms with Crippen molar-refractivity contribution in [2.45, 2.75) is 6.92 Å². The number of amides is 1. The van der Waals surface area contributed by atoms with Gasteiger partial charge in [-0.3, -0.25) is 14.7 Å². The van der Waals surface area contributed by atoms with Gasteiger partial charge in [0, 0.05) is 12.4 Å². The second kappa shape index (κ2) is 5.79. The van der Waals surface area contributed by atoms with Crippen LogP contribution in [-0.4, -0.2) is 15.2 Å². The predicted molar refractivity (Wildman–Crippen MR) is 91.1 cm³/mol. The molecule has 3 nitrogen and oxygen atoms in total. The third-order valence-corrected chi connectivity index (χ3v) is 4.36. The van der Waals surface area contributed by atoms with Gasteiger partial charge in [0.1, 0.15) is 0 Å². The molecular formula is C16H12N2OS2. The lowest BCUT2D eigenvalue weighted by atomic mass is 10.2. The zero-order chi connectivity index (χ0) is 14.8. The van der Waals surface area contributed by atoms with E-state index in [1.807, 2.05) is 49.4 Å². The van der Waals surface area contributed by atoms with Gasteiger partial charge in [-0.05, 0) is 48.4 Å². The number of carbonyl (C=O) groups excluding carboxylic acids is 1. The maximum atomic E-state index is 12.6. The Balaban J connectivity index is 1.94. The van der Waals surface area contributed by atoms with E-state index >= 15 is 0 Å². The van der Waals surface area contributed by atoms with Gasteiger partial charge in [-0.15, -0.1) is 0 Å². The lowest BCUT2D eigenvalue weighted by Crippen LogP contribution is -2.27. The van der Waals surface area contributed by atoms with Crippen molar-refractivity contribution < 1.29 is 4.79 Å². The van der Waals surface area contributed by atoms with Gasteiger partial charge in [-0.1, -0.05) is 36.1 Å². The molecule has 1 aromatic heterocycles. The minimum Gasteiger partial charge on any atom is -0.268 e. The summed E-state index contributed by atoms with van der Waals surface area (Å²) in [6.07, 6.45) is 5.25. The largest absolute Gasteiger partial charge is 0.270 e. The summed E-state index contributed by atoms with van der Waals surface area (Å²) in [5.41, 5.74) is 2.85. The maximum absolute atomic E-state index is 12.6. The van der Waals surface area contributed by atoms with Crippen LogP contribution in [0.4, 0.5) is 5.69 Å². The molecule has 21 heavy (non-hydrogen) atoms. The Kier molecular flexibility index (Phi) is 3.86. The number of pyridine rings is 1. The summed E-state index contributed by atoms with van der Waals surface area (Å²) in [4.78, 5) is 18.8. The molecule has 5 heteroatoms. The molecule has 0 radical (unpaired) electrons. The Bertz CT molecular complexity index is 741. The third kappa shape index (κ3) is 2.89. The number of carbonyl (C=O) groups is 1. The Morgan fingerprint density at radius 1 is 1.24 bits per heavy atom. The Hall–Kier alpha value is -1.98. The molecular weight excluding hydrogens is 300 g/mol. The molecule has 104 valence electrons. The van der Waals surface area contributed by atoms with Crippen LogP contribution in [0.25, 0.3) is 6.08 Å². The van der Waals surface area contributed by atoms with E-state index in [-0.39, 0.29) is 5.91 Å². The van der Waals surface area contributed by atoms with Crippen LogP contribution in [-0.2, 0) is 4.79 Å². The van der Waals surface area contributed by atoms with Crippen molar-refractivity contribution in [3.8, 4) is 0 Å². The average molecular weight is 312 g/mol. The van der Waals surface area contributed by atoms with Gasteiger partial charge in [0.15, 0.2) is 4.32 Å². The molecule has 1 fully saturated rings. The Morgan fingerprint density at radius 3 is 2.71 bits per heavy atom. The number of nitrogens with zero attached hydrogens (tertiary/aromatic N) is 2. The molecule has 1 aliphatic heterocycles. The topological polar surface area (TPSA) is 33.2 Å². The highest BCUT2D eigenvalue weighted by Crippen LogP contribution is 2.36. The van der Waals surface area contributed by atoms with E-state index in [2.05, 4.69) is 4.98 Å². The van der Waals surface area contributed by atoms with E-state index < -0.39 is 0 Å². The van der Waals surface area contributed by atoms with Crippen molar-refractivity contribution in [1.82, 2.24) is 4.98 Å². The molecule has 0 bridgehead atoms. The smallest absolute Gasteiger partial charge is 0.268 e. The van der Waals surface area contributed by atoms with Gasteiger partial charge < -0.3 is 0 Å². The van der Waals surface area contributed by atoms with Crippen molar-refractivity contribution in [2.24, 2.45) is 0 Å². The molecule has 1 aromatic carbocycles. The molecule has 0 aliphatic carbocycles. The molecule has 0 unspecified atom stereocenters. The first-order chi connectivity index (χ1) is 10.1. The molecule has 0 N–H and O–H groups in total. The van der Waals surface area contributed by atoms with Crippen LogP contribution in [0.2, 0.25) is 0 Å². The normalized spacial score (nSPS) is 16.8. The van der Waals surface area contributed by atoms with E-state index in [4.69, 9.17) is 12.2 Å². The number of rotatable bonds is 2. The summed E-state index contributed by atoms with van der Waals surface area (Å²) < 4.78 is 0.561. The highest BCUT2D eigenvalue weighted by atomic mass is 32.2. The van der Waals surface area contributed by atoms with Crippen molar-refractivity contribution in [1.29, 1.82) is 0 Å². The molecule has 0 saturated carbocycles. The maximum Gasteiger partial charge on any atom is 0.270 e. The van der Waals surface area contributed by atoms with Crippen molar-refractivity contribution in [3.05, 3.63) is 64.8 Å². The predicted octanol–water partition coefficient (Wildman–Crippen LogP) is 3.80. The summed E-state index contributed by atoms with van der Waals surface area (Å²) in [6, 6.07) is 11.5. The quantitative estimate of drug-likeness (QED) is 0.624. The van der Waals surface area contributed by atoms with E-state index in [0.717, 1.165) is 16.8 Å². The van der Waals surface area contributed by atoms with Crippen LogP contribution < -0.4 is 4.90 Å². The van der Waals surface area contributed by atoms with Crippen LogP contribution in [0.3, 0.4) is 0 Å². The minimum atomic E-state index is -0.0765. The fraction of sp³-hybridized carbons (Fsp3) is 0.0625. The zero-order valence-electron chi connectivity index (χ0n) is 11.3. The zero-order valence-corrected chi connectivity index (χ0v) is 12.9. The first-order valence-corrected chi connectivity index (χ1v) is 7.62. The number of thioether (sulfide) groups is 1. The van der Waals surface area contributed by atoms with E-state index in [9.17, 15) is 4.79 Å². The fourth-order valence-corrected chi connectivity index (χ4v) is 3.37. The number of anilines is 1. The molecule has 2 heterocycles.